The fraction of sp³-hybridized carbons (Fsp3) is 0.207. The zero-order valence-corrected chi connectivity index (χ0v) is 22.7. The summed E-state index contributed by atoms with van der Waals surface area (Å²) in [4.78, 5) is 43.6. The van der Waals surface area contributed by atoms with Crippen molar-refractivity contribution in [2.75, 3.05) is 12.3 Å². The molecule has 0 spiro atoms. The van der Waals surface area contributed by atoms with E-state index >= 15 is 0 Å². The van der Waals surface area contributed by atoms with Gasteiger partial charge in [-0.2, -0.15) is 5.10 Å². The Bertz CT molecular complexity index is 1780. The van der Waals surface area contributed by atoms with Gasteiger partial charge in [-0.05, 0) is 42.3 Å². The third kappa shape index (κ3) is 6.01. The van der Waals surface area contributed by atoms with Gasteiger partial charge in [0.2, 0.25) is 11.8 Å². The highest BCUT2D eigenvalue weighted by Crippen LogP contribution is 2.24. The number of rotatable bonds is 6. The quantitative estimate of drug-likeness (QED) is 0.293. The summed E-state index contributed by atoms with van der Waals surface area (Å²) in [6.07, 6.45) is -1.65. The molecule has 2 atom stereocenters. The molecular weight excluding hydrogens is 568 g/mol. The molecular formula is C29H24ClF2N7O3. The first-order valence-electron chi connectivity index (χ1n) is 12.8. The average Bonchev–Trinajstić information content (AvgIpc) is 3.53. The second-order valence-electron chi connectivity index (χ2n) is 9.63. The number of aromatic nitrogens is 3. The topological polar surface area (TPSA) is 149 Å². The van der Waals surface area contributed by atoms with Crippen molar-refractivity contribution in [2.45, 2.75) is 31.7 Å². The highest BCUT2D eigenvalue weighted by Gasteiger charge is 2.40. The summed E-state index contributed by atoms with van der Waals surface area (Å²) in [5.41, 5.74) is 12.7. The number of amides is 3. The van der Waals surface area contributed by atoms with Crippen LogP contribution in [0.1, 0.15) is 33.7 Å². The number of halogens is 3. The number of nitrogens with zero attached hydrogens (tertiary/aromatic N) is 4. The molecule has 0 unspecified atom stereocenters. The van der Waals surface area contributed by atoms with Crippen LogP contribution in [-0.4, -0.2) is 56.1 Å². The second-order valence-corrected chi connectivity index (χ2v) is 10.0. The van der Waals surface area contributed by atoms with Crippen LogP contribution in [0.4, 0.5) is 14.6 Å². The summed E-state index contributed by atoms with van der Waals surface area (Å²) in [6, 6.07) is 13.2. The summed E-state index contributed by atoms with van der Waals surface area (Å²) >= 11 is 5.79. The van der Waals surface area contributed by atoms with Crippen molar-refractivity contribution in [3.05, 3.63) is 88.0 Å². The van der Waals surface area contributed by atoms with Crippen LogP contribution in [0.2, 0.25) is 5.02 Å². The van der Waals surface area contributed by atoms with Crippen molar-refractivity contribution in [3.8, 4) is 11.8 Å². The molecule has 3 amide bonds. The van der Waals surface area contributed by atoms with Crippen LogP contribution in [0.15, 0.2) is 54.6 Å². The first kappa shape index (κ1) is 28.5. The highest BCUT2D eigenvalue weighted by molar-refractivity contribution is 6.30. The van der Waals surface area contributed by atoms with Crippen LogP contribution in [-0.2, 0) is 22.7 Å². The minimum Gasteiger partial charge on any atom is -0.384 e. The van der Waals surface area contributed by atoms with E-state index in [2.05, 4.69) is 27.2 Å². The molecule has 1 aliphatic rings. The monoisotopic (exact) mass is 591 g/mol. The lowest BCUT2D eigenvalue weighted by atomic mass is 10.1. The zero-order valence-electron chi connectivity index (χ0n) is 22.0. The normalized spacial score (nSPS) is 16.2. The van der Waals surface area contributed by atoms with Gasteiger partial charge in [-0.15, -0.1) is 0 Å². The molecule has 3 heterocycles. The van der Waals surface area contributed by atoms with E-state index in [1.807, 2.05) is 0 Å². The van der Waals surface area contributed by atoms with Gasteiger partial charge in [0.1, 0.15) is 36.1 Å². The molecule has 42 heavy (non-hydrogen) atoms. The Hall–Kier alpha value is -5.02. The maximum atomic E-state index is 14.4. The molecule has 10 nitrogen and oxygen atoms in total. The number of benzene rings is 2. The van der Waals surface area contributed by atoms with Crippen LogP contribution in [0.25, 0.3) is 10.9 Å². The Morgan fingerprint density at radius 3 is 2.67 bits per heavy atom. The lowest BCUT2D eigenvalue weighted by molar-refractivity contribution is -0.139. The lowest BCUT2D eigenvalue weighted by Crippen LogP contribution is -2.46. The number of anilines is 1. The van der Waals surface area contributed by atoms with E-state index in [9.17, 15) is 23.2 Å². The number of primary amides is 1. The molecule has 0 saturated carbocycles. The molecule has 0 radical (unpaired) electrons. The number of alkyl halides is 1. The fourth-order valence-corrected chi connectivity index (χ4v) is 4.92. The first-order chi connectivity index (χ1) is 20.1. The number of likely N-dealkylation sites (tertiary alicyclic amines) is 1. The maximum absolute atomic E-state index is 14.4. The Morgan fingerprint density at radius 2 is 1.90 bits per heavy atom. The summed E-state index contributed by atoms with van der Waals surface area (Å²) < 4.78 is 29.9. The Kier molecular flexibility index (Phi) is 8.04. The van der Waals surface area contributed by atoms with E-state index in [1.165, 1.54) is 22.9 Å². The molecule has 5 rings (SSSR count). The third-order valence-electron chi connectivity index (χ3n) is 6.73. The van der Waals surface area contributed by atoms with Crippen LogP contribution >= 0.6 is 11.6 Å². The number of carbonyl (C=O) groups excluding carboxylic acids is 3. The second kappa shape index (κ2) is 11.8. The van der Waals surface area contributed by atoms with E-state index in [0.717, 1.165) is 4.90 Å². The van der Waals surface area contributed by atoms with E-state index < -0.39 is 35.8 Å². The molecule has 2 aromatic carbocycles. The molecule has 13 heteroatoms. The summed E-state index contributed by atoms with van der Waals surface area (Å²) in [7, 11) is 0. The predicted molar refractivity (Wildman–Crippen MR) is 151 cm³/mol. The van der Waals surface area contributed by atoms with Gasteiger partial charge in [-0.3, -0.25) is 19.1 Å². The van der Waals surface area contributed by atoms with Gasteiger partial charge < -0.3 is 21.7 Å². The van der Waals surface area contributed by atoms with Crippen molar-refractivity contribution < 1.29 is 23.2 Å². The van der Waals surface area contributed by atoms with Gasteiger partial charge in [0.15, 0.2) is 5.69 Å². The highest BCUT2D eigenvalue weighted by atomic mass is 35.5. The van der Waals surface area contributed by atoms with E-state index in [-0.39, 0.29) is 42.3 Å². The summed E-state index contributed by atoms with van der Waals surface area (Å²) in [6.45, 7) is -0.880. The summed E-state index contributed by atoms with van der Waals surface area (Å²) in [5.74, 6) is 3.44. The maximum Gasteiger partial charge on any atom is 0.269 e. The number of hydrogen-bond acceptors (Lipinski definition) is 6. The number of nitrogens with one attached hydrogen (secondary N) is 1. The number of carbonyl (C=O) groups is 3. The first-order valence-corrected chi connectivity index (χ1v) is 13.2. The van der Waals surface area contributed by atoms with Crippen molar-refractivity contribution in [3.63, 3.8) is 0 Å². The molecule has 1 aliphatic heterocycles. The van der Waals surface area contributed by atoms with Crippen molar-refractivity contribution in [1.29, 1.82) is 0 Å². The van der Waals surface area contributed by atoms with Crippen LogP contribution < -0.4 is 16.8 Å². The van der Waals surface area contributed by atoms with Gasteiger partial charge in [0.05, 0.1) is 17.1 Å². The molecule has 1 fully saturated rings. The molecule has 5 N–H and O–H groups in total. The lowest BCUT2D eigenvalue weighted by Gasteiger charge is -2.24. The zero-order chi connectivity index (χ0) is 30.0. The third-order valence-corrected chi connectivity index (χ3v) is 7.02. The van der Waals surface area contributed by atoms with Crippen LogP contribution in [0.3, 0.4) is 0 Å². The SMILES string of the molecule is NC(=O)c1nn(CC(=O)N2C[C@H](F)C[C@H]2C(=O)NCc2cccc(Cl)c2F)c2ccc(C#Cc3cccc(N)n3)cc12. The van der Waals surface area contributed by atoms with Crippen molar-refractivity contribution in [2.24, 2.45) is 5.73 Å². The van der Waals surface area contributed by atoms with Crippen molar-refractivity contribution in [1.82, 2.24) is 25.0 Å². The number of nitrogen functional groups attached to an aromatic ring is 1. The standard InChI is InChI=1S/C29H24ClF2N7O3/c30-21-5-1-3-17(26(21)32)13-35-29(42)23-12-18(31)14-38(23)25(40)15-39-22-10-8-16(11-20(22)27(37-39)28(34)41)7-9-19-4-2-6-24(33)36-19/h1-6,8,10-11,18,23H,12-15H2,(H2,33,36)(H2,34,41)(H,35,42)/t18-,23+/m1/s1. The van der Waals surface area contributed by atoms with Crippen molar-refractivity contribution >= 4 is 46.0 Å². The van der Waals surface area contributed by atoms with E-state index in [4.69, 9.17) is 23.1 Å². The van der Waals surface area contributed by atoms with E-state index in [1.54, 1.807) is 36.4 Å². The van der Waals surface area contributed by atoms with Gasteiger partial charge in [-0.1, -0.05) is 35.7 Å². The number of pyridine rings is 1. The number of nitrogens with two attached hydrogens (primary N) is 2. The Balaban J connectivity index is 1.35. The van der Waals surface area contributed by atoms with Gasteiger partial charge in [-0.25, -0.2) is 13.8 Å². The van der Waals surface area contributed by atoms with Gasteiger partial charge in [0.25, 0.3) is 5.91 Å². The molecule has 214 valence electrons. The van der Waals surface area contributed by atoms with Crippen LogP contribution in [0.5, 0.6) is 0 Å². The summed E-state index contributed by atoms with van der Waals surface area (Å²) in [5, 5.41) is 7.05. The Labute approximate surface area is 243 Å². The van der Waals surface area contributed by atoms with Gasteiger partial charge >= 0.3 is 0 Å². The number of hydrogen-bond donors (Lipinski definition) is 3. The minimum absolute atomic E-state index is 0.0776. The van der Waals surface area contributed by atoms with Gasteiger partial charge in [0, 0.05) is 29.5 Å². The average molecular weight is 592 g/mol. The fourth-order valence-electron chi connectivity index (χ4n) is 4.73. The molecule has 4 aromatic rings. The largest absolute Gasteiger partial charge is 0.384 e. The van der Waals surface area contributed by atoms with E-state index in [0.29, 0.717) is 28.0 Å². The molecule has 0 aliphatic carbocycles. The smallest absolute Gasteiger partial charge is 0.269 e. The Morgan fingerprint density at radius 1 is 1.12 bits per heavy atom. The molecule has 0 bridgehead atoms. The predicted octanol–water partition coefficient (Wildman–Crippen LogP) is 2.56. The number of fused-ring (bicyclic) bond motifs is 1. The minimum atomic E-state index is -1.43. The van der Waals surface area contributed by atoms with Crippen LogP contribution in [0, 0.1) is 17.7 Å². The molecule has 2 aromatic heterocycles. The molecule has 1 saturated heterocycles.